The van der Waals surface area contributed by atoms with Crippen LogP contribution in [0.4, 0.5) is 0 Å². The summed E-state index contributed by atoms with van der Waals surface area (Å²) in [4.78, 5) is 9.00. The molecule has 2 atom stereocenters. The monoisotopic (exact) mass is 443 g/mol. The molecule has 9 heteroatoms. The van der Waals surface area contributed by atoms with E-state index in [2.05, 4.69) is 15.3 Å². The first-order chi connectivity index (χ1) is 13.0. The van der Waals surface area contributed by atoms with Gasteiger partial charge in [0.2, 0.25) is 0 Å². The molecule has 0 fully saturated rings. The van der Waals surface area contributed by atoms with Crippen molar-refractivity contribution >= 4 is 58.4 Å². The van der Waals surface area contributed by atoms with E-state index in [4.69, 9.17) is 55.9 Å². The lowest BCUT2D eigenvalue weighted by Gasteiger charge is -2.06. The van der Waals surface area contributed by atoms with Gasteiger partial charge in [-0.05, 0) is 35.4 Å². The molecule has 2 aliphatic heterocycles. The molecular formula is C18H13Cl4N3O2. The van der Waals surface area contributed by atoms with Gasteiger partial charge < -0.3 is 9.47 Å². The van der Waals surface area contributed by atoms with Crippen LogP contribution in [0.2, 0.25) is 20.1 Å². The van der Waals surface area contributed by atoms with E-state index < -0.39 is 0 Å². The molecule has 2 aromatic carbocycles. The van der Waals surface area contributed by atoms with Crippen molar-refractivity contribution in [1.29, 1.82) is 0 Å². The summed E-state index contributed by atoms with van der Waals surface area (Å²) in [6.07, 6.45) is 0. The molecule has 5 nitrogen and oxygen atoms in total. The maximum absolute atomic E-state index is 6.07. The molecule has 2 aliphatic rings. The molecule has 0 spiro atoms. The van der Waals surface area contributed by atoms with Crippen LogP contribution in [-0.2, 0) is 9.47 Å². The van der Waals surface area contributed by atoms with E-state index in [1.807, 2.05) is 12.1 Å². The standard InChI is InChI=1S/C18H13Cl4N3O2/c19-11-3-1-9(5-13(11)21)15-7-26-17(23-15)25-18-24-16(8-27-18)10-2-4-12(20)14(22)6-10/h1-6,15-16H,7-8H2,(H,23,24,25). The average molecular weight is 445 g/mol. The second kappa shape index (κ2) is 7.76. The molecular weight excluding hydrogens is 432 g/mol. The van der Waals surface area contributed by atoms with Crippen molar-refractivity contribution in [3.8, 4) is 0 Å². The van der Waals surface area contributed by atoms with Gasteiger partial charge in [-0.3, -0.25) is 5.32 Å². The molecule has 0 aromatic heterocycles. The summed E-state index contributed by atoms with van der Waals surface area (Å²) in [6.45, 7) is 0.785. The van der Waals surface area contributed by atoms with E-state index >= 15 is 0 Å². The van der Waals surface area contributed by atoms with Crippen LogP contribution in [-0.4, -0.2) is 25.3 Å². The van der Waals surface area contributed by atoms with E-state index in [1.165, 1.54) is 0 Å². The first kappa shape index (κ1) is 18.7. The lowest BCUT2D eigenvalue weighted by atomic mass is 10.1. The number of ether oxygens (including phenoxy) is 2. The number of nitrogens with one attached hydrogen (secondary N) is 1. The van der Waals surface area contributed by atoms with Gasteiger partial charge in [-0.1, -0.05) is 58.5 Å². The van der Waals surface area contributed by atoms with E-state index in [9.17, 15) is 0 Å². The molecule has 0 aliphatic carbocycles. The number of amidine groups is 2. The van der Waals surface area contributed by atoms with Crippen molar-refractivity contribution in [3.63, 3.8) is 0 Å². The second-order valence-corrected chi connectivity index (χ2v) is 7.62. The molecule has 0 radical (unpaired) electrons. The maximum Gasteiger partial charge on any atom is 0.293 e. The van der Waals surface area contributed by atoms with Gasteiger partial charge in [0, 0.05) is 0 Å². The molecule has 27 heavy (non-hydrogen) atoms. The Labute approximate surface area is 175 Å². The zero-order valence-electron chi connectivity index (χ0n) is 13.8. The Morgan fingerprint density at radius 3 is 1.56 bits per heavy atom. The second-order valence-electron chi connectivity index (χ2n) is 5.99. The SMILES string of the molecule is Clc1ccc(C2COC(NC3=NC(c4ccc(Cl)c(Cl)c4)CO3)=N2)cc1Cl. The van der Waals surface area contributed by atoms with Crippen molar-refractivity contribution in [1.82, 2.24) is 5.32 Å². The zero-order valence-corrected chi connectivity index (χ0v) is 16.8. The van der Waals surface area contributed by atoms with Crippen molar-refractivity contribution in [2.24, 2.45) is 9.98 Å². The number of benzene rings is 2. The van der Waals surface area contributed by atoms with Crippen molar-refractivity contribution in [2.75, 3.05) is 13.2 Å². The highest BCUT2D eigenvalue weighted by molar-refractivity contribution is 6.42. The molecule has 4 rings (SSSR count). The highest BCUT2D eigenvalue weighted by atomic mass is 35.5. The van der Waals surface area contributed by atoms with Gasteiger partial charge in [0.15, 0.2) is 0 Å². The fourth-order valence-corrected chi connectivity index (χ4v) is 3.37. The normalized spacial score (nSPS) is 21.3. The Morgan fingerprint density at radius 2 is 1.15 bits per heavy atom. The summed E-state index contributed by atoms with van der Waals surface area (Å²) in [5.74, 6) is 0. The highest BCUT2D eigenvalue weighted by Crippen LogP contribution is 2.31. The highest BCUT2D eigenvalue weighted by Gasteiger charge is 2.26. The minimum absolute atomic E-state index is 0.171. The Balaban J connectivity index is 1.44. The fourth-order valence-electron chi connectivity index (χ4n) is 2.76. The van der Waals surface area contributed by atoms with E-state index in [-0.39, 0.29) is 12.1 Å². The van der Waals surface area contributed by atoms with E-state index in [0.717, 1.165) is 11.1 Å². The molecule has 0 amide bonds. The fraction of sp³-hybridized carbons (Fsp3) is 0.222. The number of hydrogen-bond acceptors (Lipinski definition) is 5. The number of rotatable bonds is 2. The minimum atomic E-state index is -0.171. The van der Waals surface area contributed by atoms with Crippen molar-refractivity contribution in [2.45, 2.75) is 12.1 Å². The molecule has 0 saturated carbocycles. The first-order valence-corrected chi connectivity index (χ1v) is 9.59. The van der Waals surface area contributed by atoms with Gasteiger partial charge in [0.1, 0.15) is 25.3 Å². The van der Waals surface area contributed by atoms with Crippen LogP contribution >= 0.6 is 46.4 Å². The first-order valence-electron chi connectivity index (χ1n) is 8.08. The average Bonchev–Trinajstić information content (AvgIpc) is 3.30. The number of halogens is 4. The lowest BCUT2D eigenvalue weighted by Crippen LogP contribution is -2.30. The summed E-state index contributed by atoms with van der Waals surface area (Å²) in [5, 5.41) is 4.94. The third kappa shape index (κ3) is 4.11. The summed E-state index contributed by atoms with van der Waals surface area (Å²) in [7, 11) is 0. The molecule has 0 saturated heterocycles. The topological polar surface area (TPSA) is 55.2 Å². The van der Waals surface area contributed by atoms with Crippen LogP contribution in [0.5, 0.6) is 0 Å². The quantitative estimate of drug-likeness (QED) is 0.670. The number of nitrogens with zero attached hydrogens (tertiary/aromatic N) is 2. The van der Waals surface area contributed by atoms with Crippen LogP contribution in [0.25, 0.3) is 0 Å². The molecule has 1 N–H and O–H groups in total. The van der Waals surface area contributed by atoms with Crippen LogP contribution in [0.1, 0.15) is 23.2 Å². The van der Waals surface area contributed by atoms with Gasteiger partial charge in [0.25, 0.3) is 12.0 Å². The van der Waals surface area contributed by atoms with Crippen molar-refractivity contribution in [3.05, 3.63) is 67.6 Å². The van der Waals surface area contributed by atoms with Crippen LogP contribution < -0.4 is 5.32 Å². The Kier molecular flexibility index (Phi) is 5.37. The molecule has 140 valence electrons. The van der Waals surface area contributed by atoms with Gasteiger partial charge in [-0.15, -0.1) is 0 Å². The van der Waals surface area contributed by atoms with Gasteiger partial charge in [-0.25, -0.2) is 9.98 Å². The largest absolute Gasteiger partial charge is 0.462 e. The van der Waals surface area contributed by atoms with Crippen LogP contribution in [0, 0.1) is 0 Å². The van der Waals surface area contributed by atoms with Crippen LogP contribution in [0.15, 0.2) is 46.4 Å². The summed E-state index contributed by atoms with van der Waals surface area (Å²) in [6, 6.07) is 11.2. The molecule has 0 bridgehead atoms. The number of aliphatic imine (C=N–C) groups is 2. The predicted octanol–water partition coefficient (Wildman–Crippen LogP) is 5.44. The van der Waals surface area contributed by atoms with Gasteiger partial charge in [-0.2, -0.15) is 0 Å². The molecule has 2 heterocycles. The Morgan fingerprint density at radius 1 is 0.704 bits per heavy atom. The molecule has 2 unspecified atom stereocenters. The minimum Gasteiger partial charge on any atom is -0.462 e. The maximum atomic E-state index is 6.07. The van der Waals surface area contributed by atoms with Gasteiger partial charge in [0.05, 0.1) is 20.1 Å². The third-order valence-corrected chi connectivity index (χ3v) is 5.65. The van der Waals surface area contributed by atoms with Gasteiger partial charge >= 0.3 is 0 Å². The number of hydrogen-bond donors (Lipinski definition) is 1. The Hall–Kier alpha value is -1.66. The van der Waals surface area contributed by atoms with E-state index in [1.54, 1.807) is 24.3 Å². The van der Waals surface area contributed by atoms with Crippen molar-refractivity contribution < 1.29 is 9.47 Å². The van der Waals surface area contributed by atoms with E-state index in [0.29, 0.717) is 45.3 Å². The summed E-state index contributed by atoms with van der Waals surface area (Å²) >= 11 is 24.0. The molecule has 2 aromatic rings. The summed E-state index contributed by atoms with van der Waals surface area (Å²) in [5.41, 5.74) is 1.84. The smallest absolute Gasteiger partial charge is 0.293 e. The lowest BCUT2D eigenvalue weighted by molar-refractivity contribution is 0.293. The third-order valence-electron chi connectivity index (χ3n) is 4.17. The zero-order chi connectivity index (χ0) is 19.0. The summed E-state index contributed by atoms with van der Waals surface area (Å²) < 4.78 is 11.2. The Bertz CT molecular complexity index is 873. The van der Waals surface area contributed by atoms with Crippen LogP contribution in [0.3, 0.4) is 0 Å². The predicted molar refractivity (Wildman–Crippen MR) is 108 cm³/mol.